The normalized spacial score (nSPS) is 10.2. The highest BCUT2D eigenvalue weighted by Crippen LogP contribution is 2.29. The summed E-state index contributed by atoms with van der Waals surface area (Å²) in [4.78, 5) is 0. The lowest BCUT2D eigenvalue weighted by atomic mass is 10.1. The van der Waals surface area contributed by atoms with Crippen LogP contribution in [0.4, 0.5) is 0 Å². The van der Waals surface area contributed by atoms with Gasteiger partial charge in [0.05, 0.1) is 17.1 Å². The van der Waals surface area contributed by atoms with Gasteiger partial charge in [0.2, 0.25) is 0 Å². The van der Waals surface area contributed by atoms with Crippen LogP contribution < -0.4 is 15.2 Å². The van der Waals surface area contributed by atoms with E-state index in [-0.39, 0.29) is 5.84 Å². The maximum absolute atomic E-state index is 7.56. The van der Waals surface area contributed by atoms with Crippen LogP contribution in [0.2, 0.25) is 5.02 Å². The molecule has 0 aliphatic heterocycles. The quantitative estimate of drug-likeness (QED) is 0.619. The van der Waals surface area contributed by atoms with Crippen molar-refractivity contribution in [3.8, 4) is 11.5 Å². The van der Waals surface area contributed by atoms with Crippen LogP contribution in [-0.2, 0) is 6.61 Å². The Morgan fingerprint density at radius 3 is 2.57 bits per heavy atom. The van der Waals surface area contributed by atoms with Crippen molar-refractivity contribution in [3.63, 3.8) is 0 Å². The SMILES string of the molecule is COc1ccc(COc2ccc(Cl)cc2Br)cc1C(=N)N. The molecule has 0 aliphatic rings. The second-order valence-corrected chi connectivity index (χ2v) is 5.60. The van der Waals surface area contributed by atoms with E-state index in [1.807, 2.05) is 6.07 Å². The number of nitrogens with one attached hydrogen (secondary N) is 1. The molecule has 0 fully saturated rings. The number of amidine groups is 1. The van der Waals surface area contributed by atoms with E-state index in [0.717, 1.165) is 10.0 Å². The molecule has 0 aromatic heterocycles. The Hall–Kier alpha value is -1.72. The van der Waals surface area contributed by atoms with Crippen molar-refractivity contribution >= 4 is 33.4 Å². The molecule has 0 atom stereocenters. The average molecular weight is 370 g/mol. The van der Waals surface area contributed by atoms with Gasteiger partial charge in [-0.05, 0) is 51.8 Å². The molecule has 0 radical (unpaired) electrons. The second-order valence-electron chi connectivity index (χ2n) is 4.31. The summed E-state index contributed by atoms with van der Waals surface area (Å²) in [5, 5.41) is 8.20. The third kappa shape index (κ3) is 3.89. The topological polar surface area (TPSA) is 68.3 Å². The minimum atomic E-state index is -0.0404. The standard InChI is InChI=1S/C15H14BrClN2O2/c1-20-13-4-2-9(6-11(13)15(18)19)8-21-14-5-3-10(17)7-12(14)16/h2-7H,8H2,1H3,(H3,18,19). The molecule has 0 amide bonds. The van der Waals surface area contributed by atoms with Crippen molar-refractivity contribution in [2.45, 2.75) is 6.61 Å². The number of methoxy groups -OCH3 is 1. The predicted molar refractivity (Wildman–Crippen MR) is 87.5 cm³/mol. The lowest BCUT2D eigenvalue weighted by molar-refractivity contribution is 0.304. The van der Waals surface area contributed by atoms with Gasteiger partial charge in [0, 0.05) is 5.02 Å². The summed E-state index contributed by atoms with van der Waals surface area (Å²) < 4.78 is 11.7. The molecule has 0 spiro atoms. The van der Waals surface area contributed by atoms with E-state index in [4.69, 9.17) is 32.2 Å². The van der Waals surface area contributed by atoms with Crippen LogP contribution in [0, 0.1) is 5.41 Å². The maximum Gasteiger partial charge on any atom is 0.134 e. The number of nitrogen functional groups attached to an aromatic ring is 1. The van der Waals surface area contributed by atoms with Crippen molar-refractivity contribution in [1.29, 1.82) is 5.41 Å². The van der Waals surface area contributed by atoms with Crippen LogP contribution in [0.15, 0.2) is 40.9 Å². The van der Waals surface area contributed by atoms with Crippen LogP contribution in [0.1, 0.15) is 11.1 Å². The Bertz CT molecular complexity index is 677. The van der Waals surface area contributed by atoms with Gasteiger partial charge in [-0.1, -0.05) is 17.7 Å². The van der Waals surface area contributed by atoms with Crippen LogP contribution in [0.25, 0.3) is 0 Å². The highest BCUT2D eigenvalue weighted by atomic mass is 79.9. The van der Waals surface area contributed by atoms with Gasteiger partial charge in [-0.15, -0.1) is 0 Å². The Morgan fingerprint density at radius 2 is 1.95 bits per heavy atom. The molecule has 110 valence electrons. The Morgan fingerprint density at radius 1 is 1.24 bits per heavy atom. The van der Waals surface area contributed by atoms with Crippen LogP contribution >= 0.6 is 27.5 Å². The molecule has 6 heteroatoms. The zero-order chi connectivity index (χ0) is 15.4. The zero-order valence-electron chi connectivity index (χ0n) is 11.3. The summed E-state index contributed by atoms with van der Waals surface area (Å²) >= 11 is 9.28. The first kappa shape index (κ1) is 15.7. The van der Waals surface area contributed by atoms with E-state index in [1.54, 1.807) is 37.4 Å². The Kier molecular flexibility index (Phi) is 5.09. The van der Waals surface area contributed by atoms with Gasteiger partial charge in [0.1, 0.15) is 23.9 Å². The molecule has 0 saturated carbocycles. The third-order valence-electron chi connectivity index (χ3n) is 2.84. The summed E-state index contributed by atoms with van der Waals surface area (Å²) in [6.45, 7) is 0.352. The lowest BCUT2D eigenvalue weighted by Crippen LogP contribution is -2.13. The molecular formula is C15H14BrClN2O2. The van der Waals surface area contributed by atoms with E-state index >= 15 is 0 Å². The van der Waals surface area contributed by atoms with E-state index in [2.05, 4.69) is 15.9 Å². The number of ether oxygens (including phenoxy) is 2. The molecule has 2 aromatic rings. The van der Waals surface area contributed by atoms with Crippen LogP contribution in [0.5, 0.6) is 11.5 Å². The largest absolute Gasteiger partial charge is 0.496 e. The molecular weight excluding hydrogens is 356 g/mol. The second kappa shape index (κ2) is 6.83. The van der Waals surface area contributed by atoms with E-state index in [9.17, 15) is 0 Å². The number of hydrogen-bond acceptors (Lipinski definition) is 3. The Balaban J connectivity index is 2.16. The van der Waals surface area contributed by atoms with Gasteiger partial charge in [-0.3, -0.25) is 5.41 Å². The molecule has 0 unspecified atom stereocenters. The van der Waals surface area contributed by atoms with Crippen molar-refractivity contribution in [2.24, 2.45) is 5.73 Å². The van der Waals surface area contributed by atoms with Crippen molar-refractivity contribution in [3.05, 3.63) is 57.0 Å². The van der Waals surface area contributed by atoms with Crippen LogP contribution in [-0.4, -0.2) is 12.9 Å². The van der Waals surface area contributed by atoms with Gasteiger partial charge in [-0.25, -0.2) is 0 Å². The van der Waals surface area contributed by atoms with Crippen molar-refractivity contribution < 1.29 is 9.47 Å². The third-order valence-corrected chi connectivity index (χ3v) is 3.70. The average Bonchev–Trinajstić information content (AvgIpc) is 2.46. The van der Waals surface area contributed by atoms with Gasteiger partial charge >= 0.3 is 0 Å². The number of hydrogen-bond donors (Lipinski definition) is 2. The highest BCUT2D eigenvalue weighted by molar-refractivity contribution is 9.10. The number of benzene rings is 2. The summed E-state index contributed by atoms with van der Waals surface area (Å²) in [6, 6.07) is 10.7. The summed E-state index contributed by atoms with van der Waals surface area (Å²) in [7, 11) is 1.54. The zero-order valence-corrected chi connectivity index (χ0v) is 13.7. The van der Waals surface area contributed by atoms with E-state index in [0.29, 0.717) is 28.7 Å². The molecule has 0 aliphatic carbocycles. The van der Waals surface area contributed by atoms with Gasteiger partial charge in [0.15, 0.2) is 0 Å². The predicted octanol–water partition coefficient (Wildman–Crippen LogP) is 3.97. The van der Waals surface area contributed by atoms with Gasteiger partial charge in [0.25, 0.3) is 0 Å². The van der Waals surface area contributed by atoms with E-state index < -0.39 is 0 Å². The number of halogens is 2. The summed E-state index contributed by atoms with van der Waals surface area (Å²) in [5.74, 6) is 1.22. The maximum atomic E-state index is 7.56. The molecule has 2 rings (SSSR count). The molecule has 21 heavy (non-hydrogen) atoms. The monoisotopic (exact) mass is 368 g/mol. The molecule has 0 heterocycles. The first-order valence-corrected chi connectivity index (χ1v) is 7.27. The molecule has 3 N–H and O–H groups in total. The fraction of sp³-hybridized carbons (Fsp3) is 0.133. The van der Waals surface area contributed by atoms with Crippen molar-refractivity contribution in [2.75, 3.05) is 7.11 Å². The minimum Gasteiger partial charge on any atom is -0.496 e. The smallest absolute Gasteiger partial charge is 0.134 e. The summed E-state index contributed by atoms with van der Waals surface area (Å²) in [6.07, 6.45) is 0. The fourth-order valence-corrected chi connectivity index (χ4v) is 2.61. The Labute approximate surface area is 136 Å². The van der Waals surface area contributed by atoms with Crippen LogP contribution in [0.3, 0.4) is 0 Å². The van der Waals surface area contributed by atoms with Gasteiger partial charge < -0.3 is 15.2 Å². The van der Waals surface area contributed by atoms with Crippen molar-refractivity contribution in [1.82, 2.24) is 0 Å². The molecule has 2 aromatic carbocycles. The molecule has 0 saturated heterocycles. The first-order valence-electron chi connectivity index (χ1n) is 6.10. The minimum absolute atomic E-state index is 0.0404. The first-order chi connectivity index (χ1) is 10.0. The molecule has 4 nitrogen and oxygen atoms in total. The van der Waals surface area contributed by atoms with E-state index in [1.165, 1.54) is 0 Å². The number of nitrogens with two attached hydrogens (primary N) is 1. The van der Waals surface area contributed by atoms with Gasteiger partial charge in [-0.2, -0.15) is 0 Å². The molecule has 0 bridgehead atoms. The summed E-state index contributed by atoms with van der Waals surface area (Å²) in [5.41, 5.74) is 6.99. The highest BCUT2D eigenvalue weighted by Gasteiger charge is 2.08. The fourth-order valence-electron chi connectivity index (χ4n) is 1.81. The number of rotatable bonds is 5. The lowest BCUT2D eigenvalue weighted by Gasteiger charge is -2.11.